The molecule has 4 nitrogen and oxygen atoms in total. The number of halogens is 1. The number of rotatable bonds is 5. The van der Waals surface area contributed by atoms with Crippen LogP contribution in [-0.4, -0.2) is 15.9 Å². The van der Waals surface area contributed by atoms with E-state index >= 15 is 0 Å². The van der Waals surface area contributed by atoms with Gasteiger partial charge in [-0.05, 0) is 35.7 Å². The first-order chi connectivity index (χ1) is 12.7. The van der Waals surface area contributed by atoms with Crippen LogP contribution in [0.25, 0.3) is 21.8 Å². The van der Waals surface area contributed by atoms with Crippen LogP contribution < -0.4 is 5.32 Å². The van der Waals surface area contributed by atoms with Gasteiger partial charge < -0.3 is 5.32 Å². The lowest BCUT2D eigenvalue weighted by atomic mass is 10.2. The van der Waals surface area contributed by atoms with E-state index in [4.69, 9.17) is 0 Å². The zero-order chi connectivity index (χ0) is 17.9. The van der Waals surface area contributed by atoms with E-state index in [9.17, 15) is 9.18 Å². The quantitative estimate of drug-likeness (QED) is 0.493. The second kappa shape index (κ2) is 7.45. The van der Waals surface area contributed by atoms with Crippen LogP contribution in [0.4, 0.5) is 9.52 Å². The van der Waals surface area contributed by atoms with E-state index in [1.807, 2.05) is 27.6 Å². The number of nitrogens with zero attached hydrogens (tertiary/aromatic N) is 2. The molecule has 0 saturated carbocycles. The van der Waals surface area contributed by atoms with Gasteiger partial charge in [-0.1, -0.05) is 0 Å². The molecule has 1 aromatic carbocycles. The molecule has 3 heterocycles. The highest BCUT2D eigenvalue weighted by Crippen LogP contribution is 2.27. The van der Waals surface area contributed by atoms with Crippen LogP contribution in [0, 0.1) is 5.82 Å². The summed E-state index contributed by atoms with van der Waals surface area (Å²) in [5, 5.41) is 12.0. The van der Waals surface area contributed by atoms with Crippen molar-refractivity contribution in [3.63, 3.8) is 0 Å². The van der Waals surface area contributed by atoms with E-state index in [0.29, 0.717) is 10.8 Å². The third-order valence-electron chi connectivity index (χ3n) is 3.55. The Morgan fingerprint density at radius 1 is 1.00 bits per heavy atom. The summed E-state index contributed by atoms with van der Waals surface area (Å²) in [7, 11) is 0. The van der Waals surface area contributed by atoms with Gasteiger partial charge in [-0.15, -0.1) is 22.7 Å². The fourth-order valence-corrected chi connectivity index (χ4v) is 4.59. The number of thiophene rings is 1. The van der Waals surface area contributed by atoms with Crippen molar-refractivity contribution in [1.29, 1.82) is 0 Å². The third-order valence-corrected chi connectivity index (χ3v) is 5.93. The fourth-order valence-electron chi connectivity index (χ4n) is 2.32. The van der Waals surface area contributed by atoms with Crippen LogP contribution in [0.3, 0.4) is 0 Å². The average molecular weight is 402 g/mol. The van der Waals surface area contributed by atoms with Gasteiger partial charge in [-0.3, -0.25) is 4.79 Å². The van der Waals surface area contributed by atoms with Gasteiger partial charge in [0.05, 0.1) is 17.8 Å². The molecule has 0 spiro atoms. The number of hydrogen-bond acceptors (Lipinski definition) is 6. The van der Waals surface area contributed by atoms with Crippen LogP contribution in [0.2, 0.25) is 0 Å². The highest BCUT2D eigenvalue weighted by molar-refractivity contribution is 7.14. The molecule has 0 aliphatic rings. The second-order valence-corrected chi connectivity index (χ2v) is 7.92. The summed E-state index contributed by atoms with van der Waals surface area (Å²) in [5.41, 5.74) is 3.33. The minimum absolute atomic E-state index is 0.160. The van der Waals surface area contributed by atoms with Gasteiger partial charge in [0.15, 0.2) is 5.13 Å². The highest BCUT2D eigenvalue weighted by atomic mass is 32.1. The minimum atomic E-state index is -0.289. The maximum absolute atomic E-state index is 13.0. The van der Waals surface area contributed by atoms with Crippen molar-refractivity contribution in [3.8, 4) is 21.8 Å². The molecule has 0 fully saturated rings. The second-order valence-electron chi connectivity index (χ2n) is 5.43. The zero-order valence-corrected chi connectivity index (χ0v) is 15.8. The monoisotopic (exact) mass is 401 g/mol. The standard InChI is InChI=1S/C18H12FN3OS3/c19-13-3-1-11(2-4-13)15-10-26-18(21-15)22-16(23)7-14-9-25-17(20-14)12-5-6-24-8-12/h1-6,8-10H,7H2,(H,21,22,23). The third kappa shape index (κ3) is 3.87. The van der Waals surface area contributed by atoms with Crippen molar-refractivity contribution in [2.75, 3.05) is 5.32 Å². The molecular formula is C18H12FN3OS3. The van der Waals surface area contributed by atoms with Gasteiger partial charge in [0.2, 0.25) is 5.91 Å². The number of anilines is 1. The first kappa shape index (κ1) is 17.0. The molecule has 1 amide bonds. The van der Waals surface area contributed by atoms with E-state index in [1.165, 1.54) is 34.8 Å². The van der Waals surface area contributed by atoms with E-state index in [0.717, 1.165) is 21.8 Å². The Labute approximate surface area is 161 Å². The summed E-state index contributed by atoms with van der Waals surface area (Å²) in [6.07, 6.45) is 0.200. The Balaban J connectivity index is 1.40. The average Bonchev–Trinajstić information content (AvgIpc) is 3.36. The normalized spacial score (nSPS) is 10.8. The Hall–Kier alpha value is -2.42. The van der Waals surface area contributed by atoms with Crippen LogP contribution >= 0.6 is 34.0 Å². The predicted molar refractivity (Wildman–Crippen MR) is 105 cm³/mol. The van der Waals surface area contributed by atoms with Gasteiger partial charge in [-0.25, -0.2) is 14.4 Å². The SMILES string of the molecule is O=C(Cc1csc(-c2ccsc2)n1)Nc1nc(-c2ccc(F)cc2)cs1. The molecular weight excluding hydrogens is 389 g/mol. The number of hydrogen-bond donors (Lipinski definition) is 1. The number of carbonyl (C=O) groups is 1. The van der Waals surface area contributed by atoms with Crippen molar-refractivity contribution >= 4 is 45.0 Å². The van der Waals surface area contributed by atoms with E-state index < -0.39 is 0 Å². The molecule has 4 aromatic rings. The van der Waals surface area contributed by atoms with Crippen molar-refractivity contribution in [2.24, 2.45) is 0 Å². The molecule has 0 radical (unpaired) electrons. The molecule has 4 rings (SSSR count). The zero-order valence-electron chi connectivity index (χ0n) is 13.3. The summed E-state index contributed by atoms with van der Waals surface area (Å²) in [6.45, 7) is 0. The summed E-state index contributed by atoms with van der Waals surface area (Å²) in [6, 6.07) is 8.12. The molecule has 0 saturated heterocycles. The number of carbonyl (C=O) groups excluding carboxylic acids is 1. The topological polar surface area (TPSA) is 54.9 Å². The molecule has 0 unspecified atom stereocenters. The van der Waals surface area contributed by atoms with Crippen molar-refractivity contribution in [1.82, 2.24) is 9.97 Å². The molecule has 1 N–H and O–H groups in total. The lowest BCUT2D eigenvalue weighted by Crippen LogP contribution is -2.14. The maximum Gasteiger partial charge on any atom is 0.232 e. The Morgan fingerprint density at radius 3 is 2.62 bits per heavy atom. The molecule has 3 aromatic heterocycles. The minimum Gasteiger partial charge on any atom is -0.302 e. The van der Waals surface area contributed by atoms with Gasteiger partial charge >= 0.3 is 0 Å². The maximum atomic E-state index is 13.0. The predicted octanol–water partition coefficient (Wildman–Crippen LogP) is 5.32. The number of benzene rings is 1. The van der Waals surface area contributed by atoms with E-state index in [-0.39, 0.29) is 18.1 Å². The molecule has 0 atom stereocenters. The van der Waals surface area contributed by atoms with Crippen LogP contribution in [0.5, 0.6) is 0 Å². The largest absolute Gasteiger partial charge is 0.302 e. The summed E-state index contributed by atoms with van der Waals surface area (Å²) in [4.78, 5) is 21.1. The van der Waals surface area contributed by atoms with Crippen molar-refractivity contribution in [3.05, 3.63) is 63.4 Å². The van der Waals surface area contributed by atoms with Gasteiger partial charge in [0, 0.05) is 27.3 Å². The van der Waals surface area contributed by atoms with E-state index in [2.05, 4.69) is 15.3 Å². The van der Waals surface area contributed by atoms with E-state index in [1.54, 1.807) is 23.5 Å². The Morgan fingerprint density at radius 2 is 1.85 bits per heavy atom. The molecule has 0 aliphatic heterocycles. The summed E-state index contributed by atoms with van der Waals surface area (Å²) in [5.74, 6) is -0.449. The van der Waals surface area contributed by atoms with Gasteiger partial charge in [0.25, 0.3) is 0 Å². The van der Waals surface area contributed by atoms with Crippen LogP contribution in [-0.2, 0) is 11.2 Å². The first-order valence-corrected chi connectivity index (χ1v) is 10.4. The lowest BCUT2D eigenvalue weighted by molar-refractivity contribution is -0.115. The number of aromatic nitrogens is 2. The van der Waals surface area contributed by atoms with Gasteiger partial charge in [-0.2, -0.15) is 11.3 Å². The molecule has 130 valence electrons. The number of thiazole rings is 2. The van der Waals surface area contributed by atoms with Crippen LogP contribution in [0.15, 0.2) is 51.9 Å². The van der Waals surface area contributed by atoms with Crippen molar-refractivity contribution in [2.45, 2.75) is 6.42 Å². The molecule has 0 bridgehead atoms. The first-order valence-electron chi connectivity index (χ1n) is 7.66. The van der Waals surface area contributed by atoms with Gasteiger partial charge in [0.1, 0.15) is 10.8 Å². The lowest BCUT2D eigenvalue weighted by Gasteiger charge is -1.99. The Bertz CT molecular complexity index is 1020. The Kier molecular flexibility index (Phi) is 4.87. The number of nitrogens with one attached hydrogen (secondary N) is 1. The fraction of sp³-hybridized carbons (Fsp3) is 0.0556. The smallest absolute Gasteiger partial charge is 0.232 e. The highest BCUT2D eigenvalue weighted by Gasteiger charge is 2.12. The molecule has 0 aliphatic carbocycles. The molecule has 26 heavy (non-hydrogen) atoms. The summed E-state index contributed by atoms with van der Waals surface area (Å²) < 4.78 is 13.0. The number of amides is 1. The summed E-state index contributed by atoms with van der Waals surface area (Å²) >= 11 is 4.49. The molecule has 8 heteroatoms. The van der Waals surface area contributed by atoms with Crippen LogP contribution in [0.1, 0.15) is 5.69 Å². The van der Waals surface area contributed by atoms with Crippen molar-refractivity contribution < 1.29 is 9.18 Å².